The average Bonchev–Trinajstić information content (AvgIpc) is 3.24. The van der Waals surface area contributed by atoms with Gasteiger partial charge in [0.2, 0.25) is 5.90 Å². The maximum Gasteiger partial charge on any atom is 0.222 e. The second-order valence-corrected chi connectivity index (χ2v) is 7.38. The first kappa shape index (κ1) is 20.8. The summed E-state index contributed by atoms with van der Waals surface area (Å²) < 4.78 is 46.3. The molecule has 1 aliphatic rings. The number of nitrogens with zero attached hydrogens (tertiary/aromatic N) is 1. The molecule has 0 N–H and O–H groups in total. The summed E-state index contributed by atoms with van der Waals surface area (Å²) in [5.74, 6) is -1.80. The Labute approximate surface area is 178 Å². The number of carbonyl (C=O) groups is 1. The van der Waals surface area contributed by atoms with Crippen LogP contribution in [-0.4, -0.2) is 18.3 Å². The van der Waals surface area contributed by atoms with Gasteiger partial charge in [0, 0.05) is 12.0 Å². The number of ether oxygens (including phenoxy) is 1. The molecule has 0 aliphatic carbocycles. The van der Waals surface area contributed by atoms with Gasteiger partial charge in [0.25, 0.3) is 0 Å². The van der Waals surface area contributed by atoms with Gasteiger partial charge >= 0.3 is 0 Å². The first-order chi connectivity index (χ1) is 15.0. The molecule has 0 radical (unpaired) electrons. The van der Waals surface area contributed by atoms with Crippen LogP contribution >= 0.6 is 0 Å². The molecule has 0 amide bonds. The van der Waals surface area contributed by atoms with E-state index in [-0.39, 0.29) is 35.7 Å². The molecule has 3 aromatic carbocycles. The summed E-state index contributed by atoms with van der Waals surface area (Å²) in [5.41, 5.74) is 2.22. The first-order valence-electron chi connectivity index (χ1n) is 10.0. The highest BCUT2D eigenvalue weighted by Gasteiger charge is 2.26. The van der Waals surface area contributed by atoms with Gasteiger partial charge in [-0.25, -0.2) is 18.2 Å². The van der Waals surface area contributed by atoms with E-state index in [1.54, 1.807) is 0 Å². The Kier molecular flexibility index (Phi) is 6.16. The molecule has 1 unspecified atom stereocenters. The van der Waals surface area contributed by atoms with Crippen LogP contribution in [0.5, 0.6) is 0 Å². The Balaban J connectivity index is 1.35. The van der Waals surface area contributed by atoms with Crippen LogP contribution in [0.2, 0.25) is 0 Å². The molecule has 0 saturated carbocycles. The van der Waals surface area contributed by atoms with Crippen molar-refractivity contribution in [1.82, 2.24) is 0 Å². The summed E-state index contributed by atoms with van der Waals surface area (Å²) in [6.45, 7) is 0.217. The summed E-state index contributed by atoms with van der Waals surface area (Å²) in [5, 5.41) is 0. The Morgan fingerprint density at radius 3 is 2.29 bits per heavy atom. The quantitative estimate of drug-likeness (QED) is 0.449. The lowest BCUT2D eigenvalue weighted by molar-refractivity contribution is 0.0980. The largest absolute Gasteiger partial charge is 0.475 e. The number of Topliss-reactive ketones (excluding diaryl/α,β-unsaturated/α-hetero) is 1. The van der Waals surface area contributed by atoms with Crippen LogP contribution in [0.3, 0.4) is 0 Å². The van der Waals surface area contributed by atoms with Gasteiger partial charge < -0.3 is 4.74 Å². The SMILES string of the molecule is O=C(CCCc1ccc(C2COC(c3c(F)cccc3F)=N2)cc1)c1ccc(F)cc1. The van der Waals surface area contributed by atoms with Crippen molar-refractivity contribution in [3.63, 3.8) is 0 Å². The Morgan fingerprint density at radius 2 is 1.61 bits per heavy atom. The molecule has 31 heavy (non-hydrogen) atoms. The standard InChI is InChI=1S/C25H20F3NO2/c26-19-13-11-18(12-14-19)23(30)6-1-3-16-7-9-17(10-8-16)22-15-31-25(29-22)24-20(27)4-2-5-21(24)28/h2,4-5,7-14,22H,1,3,6,15H2. The van der Waals surface area contributed by atoms with Crippen molar-refractivity contribution in [2.45, 2.75) is 25.3 Å². The van der Waals surface area contributed by atoms with Gasteiger partial charge in [-0.1, -0.05) is 30.3 Å². The summed E-state index contributed by atoms with van der Waals surface area (Å²) >= 11 is 0. The highest BCUT2D eigenvalue weighted by molar-refractivity contribution is 5.96. The Bertz CT molecular complexity index is 1090. The van der Waals surface area contributed by atoms with Gasteiger partial charge in [-0.2, -0.15) is 0 Å². The molecule has 3 nitrogen and oxygen atoms in total. The molecule has 6 heteroatoms. The molecule has 0 bridgehead atoms. The van der Waals surface area contributed by atoms with E-state index >= 15 is 0 Å². The van der Waals surface area contributed by atoms with E-state index < -0.39 is 11.6 Å². The molecule has 0 fully saturated rings. The van der Waals surface area contributed by atoms with Crippen molar-refractivity contribution >= 4 is 11.7 Å². The van der Waals surface area contributed by atoms with Crippen LogP contribution in [0.4, 0.5) is 13.2 Å². The van der Waals surface area contributed by atoms with Crippen LogP contribution < -0.4 is 0 Å². The monoisotopic (exact) mass is 423 g/mol. The van der Waals surface area contributed by atoms with Crippen LogP contribution in [0, 0.1) is 17.5 Å². The third-order valence-electron chi connectivity index (χ3n) is 5.23. The van der Waals surface area contributed by atoms with E-state index in [1.165, 1.54) is 42.5 Å². The normalized spacial score (nSPS) is 15.5. The predicted octanol–water partition coefficient (Wildman–Crippen LogP) is 5.83. The van der Waals surface area contributed by atoms with Crippen molar-refractivity contribution in [1.29, 1.82) is 0 Å². The van der Waals surface area contributed by atoms with Crippen molar-refractivity contribution < 1.29 is 22.7 Å². The fourth-order valence-electron chi connectivity index (χ4n) is 3.52. The summed E-state index contributed by atoms with van der Waals surface area (Å²) in [6.07, 6.45) is 1.78. The molecule has 158 valence electrons. The third kappa shape index (κ3) is 4.85. The lowest BCUT2D eigenvalue weighted by Gasteiger charge is -2.07. The fraction of sp³-hybridized carbons (Fsp3) is 0.200. The topological polar surface area (TPSA) is 38.7 Å². The highest BCUT2D eigenvalue weighted by atomic mass is 19.1. The van der Waals surface area contributed by atoms with Crippen LogP contribution in [-0.2, 0) is 11.2 Å². The summed E-state index contributed by atoms with van der Waals surface area (Å²) in [4.78, 5) is 16.5. The average molecular weight is 423 g/mol. The van der Waals surface area contributed by atoms with Gasteiger partial charge in [-0.15, -0.1) is 0 Å². The summed E-state index contributed by atoms with van der Waals surface area (Å²) in [6, 6.07) is 16.6. The van der Waals surface area contributed by atoms with Gasteiger partial charge in [-0.05, 0) is 60.4 Å². The van der Waals surface area contributed by atoms with E-state index in [2.05, 4.69) is 4.99 Å². The highest BCUT2D eigenvalue weighted by Crippen LogP contribution is 2.27. The molecule has 4 rings (SSSR count). The van der Waals surface area contributed by atoms with E-state index in [1.807, 2.05) is 24.3 Å². The Morgan fingerprint density at radius 1 is 0.935 bits per heavy atom. The number of benzene rings is 3. The molecule has 1 atom stereocenters. The van der Waals surface area contributed by atoms with E-state index in [0.29, 0.717) is 18.4 Å². The number of halogens is 3. The zero-order chi connectivity index (χ0) is 21.8. The molecule has 1 aliphatic heterocycles. The number of aliphatic imine (C=N–C) groups is 1. The number of rotatable bonds is 7. The number of hydrogen-bond acceptors (Lipinski definition) is 3. The van der Waals surface area contributed by atoms with Gasteiger partial charge in [0.15, 0.2) is 5.78 Å². The minimum Gasteiger partial charge on any atom is -0.475 e. The number of hydrogen-bond donors (Lipinski definition) is 0. The minimum atomic E-state index is -0.704. The van der Waals surface area contributed by atoms with E-state index in [4.69, 9.17) is 4.74 Å². The molecule has 0 saturated heterocycles. The summed E-state index contributed by atoms with van der Waals surface area (Å²) in [7, 11) is 0. The smallest absolute Gasteiger partial charge is 0.222 e. The number of carbonyl (C=O) groups excluding carboxylic acids is 1. The lowest BCUT2D eigenvalue weighted by atomic mass is 10.0. The van der Waals surface area contributed by atoms with Crippen LogP contribution in [0.15, 0.2) is 71.7 Å². The second kappa shape index (κ2) is 9.16. The predicted molar refractivity (Wildman–Crippen MR) is 112 cm³/mol. The van der Waals surface area contributed by atoms with Gasteiger partial charge in [0.1, 0.15) is 35.7 Å². The zero-order valence-corrected chi connectivity index (χ0v) is 16.7. The maximum atomic E-state index is 13.9. The Hall–Kier alpha value is -3.41. The maximum absolute atomic E-state index is 13.9. The van der Waals surface area contributed by atoms with Gasteiger partial charge in [0.05, 0.1) is 0 Å². The molecule has 1 heterocycles. The lowest BCUT2D eigenvalue weighted by Crippen LogP contribution is -2.07. The van der Waals surface area contributed by atoms with Crippen molar-refractivity contribution in [2.24, 2.45) is 4.99 Å². The molecule has 0 aromatic heterocycles. The molecule has 0 spiro atoms. The van der Waals surface area contributed by atoms with Crippen molar-refractivity contribution in [2.75, 3.05) is 6.61 Å². The molecular weight excluding hydrogens is 403 g/mol. The van der Waals surface area contributed by atoms with Gasteiger partial charge in [-0.3, -0.25) is 4.79 Å². The second-order valence-electron chi connectivity index (χ2n) is 7.38. The first-order valence-corrected chi connectivity index (χ1v) is 10.0. The number of aryl methyl sites for hydroxylation is 1. The minimum absolute atomic E-state index is 0.0121. The van der Waals surface area contributed by atoms with Crippen LogP contribution in [0.1, 0.15) is 45.9 Å². The number of ketones is 1. The molecular formula is C25H20F3NO2. The van der Waals surface area contributed by atoms with Crippen molar-refractivity contribution in [3.8, 4) is 0 Å². The fourth-order valence-corrected chi connectivity index (χ4v) is 3.52. The van der Waals surface area contributed by atoms with E-state index in [9.17, 15) is 18.0 Å². The van der Waals surface area contributed by atoms with E-state index in [0.717, 1.165) is 17.5 Å². The zero-order valence-electron chi connectivity index (χ0n) is 16.7. The molecule has 3 aromatic rings. The third-order valence-corrected chi connectivity index (χ3v) is 5.23. The van der Waals surface area contributed by atoms with Crippen LogP contribution in [0.25, 0.3) is 0 Å². The van der Waals surface area contributed by atoms with Crippen molar-refractivity contribution in [3.05, 3.63) is 106 Å².